The van der Waals surface area contributed by atoms with Crippen LogP contribution in [0.15, 0.2) is 83.3 Å². The molecule has 5 heteroatoms. The number of benzene rings is 3. The molecule has 0 fully saturated rings. The van der Waals surface area contributed by atoms with Gasteiger partial charge in [0.2, 0.25) is 0 Å². The average molecular weight is 401 g/mol. The van der Waals surface area contributed by atoms with E-state index in [1.54, 1.807) is 0 Å². The van der Waals surface area contributed by atoms with E-state index >= 15 is 0 Å². The molecular weight excluding hydrogens is 388 g/mol. The zero-order valence-electron chi connectivity index (χ0n) is 13.7. The zero-order chi connectivity index (χ0) is 17.5. The Labute approximate surface area is 158 Å². The molecule has 0 saturated carbocycles. The van der Waals surface area contributed by atoms with E-state index < -0.39 is 0 Å². The third-order valence-corrected chi connectivity index (χ3v) is 4.93. The number of rotatable bonds is 2. The standard InChI is InChI=1S/C21H13BrN4/c22-16-12-10-15(11-13-16)19-21-20(14-6-2-1-3-7-14)24-25-26(21)18-9-5-4-8-17(18)23-19/h1-13H. The molecular formula is C21H13BrN4. The minimum atomic E-state index is 0.835. The fourth-order valence-corrected chi connectivity index (χ4v) is 3.44. The van der Waals surface area contributed by atoms with Crippen LogP contribution in [0.25, 0.3) is 39.1 Å². The van der Waals surface area contributed by atoms with E-state index in [0.717, 1.165) is 43.5 Å². The van der Waals surface area contributed by atoms with Gasteiger partial charge >= 0.3 is 0 Å². The second-order valence-corrected chi connectivity index (χ2v) is 6.94. The topological polar surface area (TPSA) is 43.1 Å². The van der Waals surface area contributed by atoms with Crippen molar-refractivity contribution in [3.05, 3.63) is 83.3 Å². The molecule has 0 spiro atoms. The smallest absolute Gasteiger partial charge is 0.123 e. The van der Waals surface area contributed by atoms with Gasteiger partial charge in [-0.2, -0.15) is 0 Å². The van der Waals surface area contributed by atoms with Gasteiger partial charge in [-0.15, -0.1) is 5.10 Å². The lowest BCUT2D eigenvalue weighted by atomic mass is 10.1. The van der Waals surface area contributed by atoms with Crippen LogP contribution in [-0.4, -0.2) is 19.8 Å². The van der Waals surface area contributed by atoms with Crippen molar-refractivity contribution < 1.29 is 0 Å². The van der Waals surface area contributed by atoms with Gasteiger partial charge in [-0.25, -0.2) is 9.50 Å². The minimum absolute atomic E-state index is 0.835. The molecule has 0 amide bonds. The van der Waals surface area contributed by atoms with Crippen molar-refractivity contribution in [1.29, 1.82) is 0 Å². The van der Waals surface area contributed by atoms with E-state index in [4.69, 9.17) is 4.98 Å². The van der Waals surface area contributed by atoms with Crippen LogP contribution >= 0.6 is 15.9 Å². The number of halogens is 1. The largest absolute Gasteiger partial charge is 0.244 e. The monoisotopic (exact) mass is 400 g/mol. The highest BCUT2D eigenvalue weighted by Gasteiger charge is 2.18. The molecule has 0 aliphatic rings. The van der Waals surface area contributed by atoms with Crippen LogP contribution in [0.1, 0.15) is 0 Å². The number of para-hydroxylation sites is 2. The Hall–Kier alpha value is -3.05. The zero-order valence-corrected chi connectivity index (χ0v) is 15.3. The number of hydrogen-bond acceptors (Lipinski definition) is 3. The molecule has 0 radical (unpaired) electrons. The van der Waals surface area contributed by atoms with Crippen molar-refractivity contribution in [2.24, 2.45) is 0 Å². The molecule has 0 saturated heterocycles. The predicted octanol–water partition coefficient (Wildman–Crippen LogP) is 5.37. The molecule has 3 aromatic carbocycles. The third-order valence-electron chi connectivity index (χ3n) is 4.40. The van der Waals surface area contributed by atoms with Crippen molar-refractivity contribution in [2.45, 2.75) is 0 Å². The van der Waals surface area contributed by atoms with E-state index in [9.17, 15) is 0 Å². The molecule has 4 nitrogen and oxygen atoms in total. The van der Waals surface area contributed by atoms with Crippen LogP contribution in [0.2, 0.25) is 0 Å². The van der Waals surface area contributed by atoms with Gasteiger partial charge in [0.1, 0.15) is 11.2 Å². The molecule has 0 aliphatic carbocycles. The quantitative estimate of drug-likeness (QED) is 0.399. The first-order valence-corrected chi connectivity index (χ1v) is 9.06. The molecule has 2 aromatic heterocycles. The minimum Gasteiger partial charge on any atom is -0.244 e. The molecule has 5 rings (SSSR count). The fraction of sp³-hybridized carbons (Fsp3) is 0. The van der Waals surface area contributed by atoms with Crippen LogP contribution < -0.4 is 0 Å². The first kappa shape index (κ1) is 15.2. The number of fused-ring (bicyclic) bond motifs is 3. The lowest BCUT2D eigenvalue weighted by Crippen LogP contribution is -1.97. The maximum absolute atomic E-state index is 4.95. The van der Waals surface area contributed by atoms with Gasteiger partial charge in [0.05, 0.1) is 16.7 Å². The molecule has 124 valence electrons. The van der Waals surface area contributed by atoms with Gasteiger partial charge < -0.3 is 0 Å². The highest BCUT2D eigenvalue weighted by atomic mass is 79.9. The highest BCUT2D eigenvalue weighted by molar-refractivity contribution is 9.10. The maximum Gasteiger partial charge on any atom is 0.123 e. The number of nitrogens with zero attached hydrogens (tertiary/aromatic N) is 4. The Kier molecular flexibility index (Phi) is 3.53. The molecule has 5 aromatic rings. The van der Waals surface area contributed by atoms with Crippen molar-refractivity contribution in [2.75, 3.05) is 0 Å². The van der Waals surface area contributed by atoms with Crippen LogP contribution in [0.5, 0.6) is 0 Å². The van der Waals surface area contributed by atoms with Crippen molar-refractivity contribution in [3.8, 4) is 22.5 Å². The van der Waals surface area contributed by atoms with Crippen LogP contribution in [-0.2, 0) is 0 Å². The lowest BCUT2D eigenvalue weighted by molar-refractivity contribution is 0.881. The SMILES string of the molecule is Brc1ccc(-c2nc3ccccc3n3nnc(-c4ccccc4)c23)cc1. The Morgan fingerprint density at radius 2 is 1.38 bits per heavy atom. The van der Waals surface area contributed by atoms with E-state index in [-0.39, 0.29) is 0 Å². The first-order chi connectivity index (χ1) is 12.8. The van der Waals surface area contributed by atoms with Crippen molar-refractivity contribution in [1.82, 2.24) is 19.8 Å². The molecule has 0 unspecified atom stereocenters. The Bertz CT molecular complexity index is 1230. The number of aromatic nitrogens is 4. The Morgan fingerprint density at radius 1 is 0.692 bits per heavy atom. The second-order valence-electron chi connectivity index (χ2n) is 6.02. The maximum atomic E-state index is 4.95. The first-order valence-electron chi connectivity index (χ1n) is 8.27. The second kappa shape index (κ2) is 6.04. The Morgan fingerprint density at radius 3 is 2.19 bits per heavy atom. The Balaban J connectivity index is 1.91. The molecule has 0 bridgehead atoms. The molecule has 0 atom stereocenters. The van der Waals surface area contributed by atoms with Crippen molar-refractivity contribution >= 4 is 32.5 Å². The van der Waals surface area contributed by atoms with Gasteiger partial charge in [0.15, 0.2) is 0 Å². The summed E-state index contributed by atoms with van der Waals surface area (Å²) in [5.74, 6) is 0. The van der Waals surface area contributed by atoms with Gasteiger partial charge in [0, 0.05) is 15.6 Å². The average Bonchev–Trinajstić information content (AvgIpc) is 3.14. The summed E-state index contributed by atoms with van der Waals surface area (Å²) >= 11 is 3.50. The van der Waals surface area contributed by atoms with Gasteiger partial charge in [0.25, 0.3) is 0 Å². The summed E-state index contributed by atoms with van der Waals surface area (Å²) < 4.78 is 2.93. The third kappa shape index (κ3) is 2.40. The summed E-state index contributed by atoms with van der Waals surface area (Å²) in [5.41, 5.74) is 6.51. The van der Waals surface area contributed by atoms with Crippen molar-refractivity contribution in [3.63, 3.8) is 0 Å². The van der Waals surface area contributed by atoms with E-state index in [1.807, 2.05) is 71.2 Å². The molecule has 26 heavy (non-hydrogen) atoms. The van der Waals surface area contributed by atoms with Gasteiger partial charge in [-0.3, -0.25) is 0 Å². The summed E-state index contributed by atoms with van der Waals surface area (Å²) in [7, 11) is 0. The normalized spacial score (nSPS) is 11.3. The predicted molar refractivity (Wildman–Crippen MR) is 107 cm³/mol. The summed E-state index contributed by atoms with van der Waals surface area (Å²) in [6.45, 7) is 0. The number of hydrogen-bond donors (Lipinski definition) is 0. The van der Waals surface area contributed by atoms with Gasteiger partial charge in [-0.1, -0.05) is 75.7 Å². The molecule has 2 heterocycles. The summed E-state index contributed by atoms with van der Waals surface area (Å²) in [6, 6.07) is 26.3. The van der Waals surface area contributed by atoms with Gasteiger partial charge in [-0.05, 0) is 24.3 Å². The van der Waals surface area contributed by atoms with E-state index in [1.165, 1.54) is 0 Å². The van der Waals surface area contributed by atoms with Crippen LogP contribution in [0.4, 0.5) is 0 Å². The highest BCUT2D eigenvalue weighted by Crippen LogP contribution is 2.32. The summed E-state index contributed by atoms with van der Waals surface area (Å²) in [4.78, 5) is 4.95. The van der Waals surface area contributed by atoms with E-state index in [0.29, 0.717) is 0 Å². The van der Waals surface area contributed by atoms with Crippen LogP contribution in [0, 0.1) is 0 Å². The fourth-order valence-electron chi connectivity index (χ4n) is 3.17. The van der Waals surface area contributed by atoms with E-state index in [2.05, 4.69) is 38.4 Å². The summed E-state index contributed by atoms with van der Waals surface area (Å²) in [6.07, 6.45) is 0. The lowest BCUT2D eigenvalue weighted by Gasteiger charge is -2.08. The van der Waals surface area contributed by atoms with Crippen LogP contribution in [0.3, 0.4) is 0 Å². The molecule has 0 N–H and O–H groups in total. The summed E-state index contributed by atoms with van der Waals surface area (Å²) in [5, 5.41) is 8.93. The molecule has 0 aliphatic heterocycles.